The molecule has 5 aliphatic rings. The summed E-state index contributed by atoms with van der Waals surface area (Å²) in [6, 6.07) is 24.4. The first-order chi connectivity index (χ1) is 42.4. The van der Waals surface area contributed by atoms with Crippen LogP contribution >= 0.6 is 0 Å². The zero-order chi connectivity index (χ0) is 65.2. The maximum atomic E-state index is 15.5. The van der Waals surface area contributed by atoms with E-state index in [2.05, 4.69) is 20.4 Å². The van der Waals surface area contributed by atoms with E-state index in [-0.39, 0.29) is 77.2 Å². The number of rotatable bonds is 14. The molecule has 480 valence electrons. The summed E-state index contributed by atoms with van der Waals surface area (Å²) in [6.07, 6.45) is -13.1. The average molecular weight is 1240 g/mol. The van der Waals surface area contributed by atoms with Crippen molar-refractivity contribution in [2.75, 3.05) is 32.8 Å². The molecule has 11 atom stereocenters. The molecule has 3 heterocycles. The Morgan fingerprint density at radius 3 is 2.11 bits per heavy atom. The van der Waals surface area contributed by atoms with E-state index in [4.69, 9.17) is 28.4 Å². The fraction of sp³-hybridized carbons (Fsp3) is 0.485. The predicted octanol–water partition coefficient (Wildman–Crippen LogP) is 6.30. The molecule has 2 saturated carbocycles. The maximum absolute atomic E-state index is 15.5. The molecule has 10 rings (SSSR count). The quantitative estimate of drug-likeness (QED) is 0.0364. The van der Waals surface area contributed by atoms with Crippen molar-refractivity contribution >= 4 is 35.9 Å². The first kappa shape index (κ1) is 64.6. The molecule has 24 heteroatoms. The van der Waals surface area contributed by atoms with E-state index in [1.54, 1.807) is 87.5 Å². The Kier molecular flexibility index (Phi) is 17.5. The van der Waals surface area contributed by atoms with Crippen molar-refractivity contribution in [3.8, 4) is 28.6 Å². The predicted molar refractivity (Wildman–Crippen MR) is 322 cm³/mol. The Morgan fingerprint density at radius 2 is 1.51 bits per heavy atom. The zero-order valence-electron chi connectivity index (χ0n) is 51.9. The third kappa shape index (κ3) is 11.7. The minimum Gasteiger partial charge on any atom is -0.508 e. The molecule has 0 spiro atoms. The molecule has 0 radical (unpaired) electrons. The highest BCUT2D eigenvalue weighted by molar-refractivity contribution is 5.94. The number of hydrogen-bond acceptors (Lipinski definition) is 20. The van der Waals surface area contributed by atoms with Gasteiger partial charge in [0.05, 0.1) is 40.9 Å². The van der Waals surface area contributed by atoms with Crippen molar-refractivity contribution in [1.82, 2.24) is 29.9 Å². The SMILES string of the molecule is CC(=O)O[C@@]12CO[C@@H]1C[C@H](O)[C@@]1(C)C(=O)[C@H](O)C3=C(C)[C@@H](OC(=O)[C@H](OC(=O)N4CCN(Cc5ccc(-n6c(-c7cc(C(C)C)c(O)cc7O)n[nH]c6=O)cc5)CC4)[C@@H](NC(=O)OC(C)(C)C)c4ccccc4)C[C@@](O)([C@@H](OC(=O)c4ccccc4)[C@H]21)C3(C)C. The number of ether oxygens (including phenoxy) is 6. The summed E-state index contributed by atoms with van der Waals surface area (Å²) in [4.78, 5) is 104. The summed E-state index contributed by atoms with van der Waals surface area (Å²) in [7, 11) is 0. The van der Waals surface area contributed by atoms with E-state index in [9.17, 15) is 49.5 Å². The number of phenols is 2. The number of aliphatic hydroxyl groups excluding tert-OH is 2. The van der Waals surface area contributed by atoms with Gasteiger partial charge in [0, 0.05) is 64.0 Å². The van der Waals surface area contributed by atoms with Crippen LogP contribution in [-0.2, 0) is 49.3 Å². The largest absolute Gasteiger partial charge is 0.508 e. The number of aromatic nitrogens is 3. The molecule has 3 aliphatic carbocycles. The molecule has 5 aromatic rings. The number of Topliss-reactive ketones (excluding diaryl/α,β-unsaturated/α-hetero) is 1. The standard InChI is InChI=1S/C66H78N6O18/c1-35(2)42-29-43(45(75)30-44(42)74)56-68-69-59(81)72(56)41-23-21-38(22-24-41)33-70-25-27-71(28-26-70)61(83)87-52(50(39-17-13-11-14-18-39)67-60(82)90-62(5,6)7)58(80)86-46-32-66(84)55(88-57(79)40-19-15-12-16-20-40)53-64(10,54(78)51(77)49(36(46)3)63(66,8)9)47(76)31-48-65(53,34-85-48)89-37(4)73/h11-24,29-30,35,46-48,50-53,55,74-77,84H,25-28,31-34H2,1-10H3,(H,67,82)(H,69,81)/t46-,47-,48+,50-,51+,52+,53-,55-,64+,65-,66+/m0/s1. The van der Waals surface area contributed by atoms with Gasteiger partial charge in [-0.15, -0.1) is 0 Å². The van der Waals surface area contributed by atoms with E-state index in [0.717, 1.165) is 12.5 Å². The monoisotopic (exact) mass is 1240 g/mol. The van der Waals surface area contributed by atoms with E-state index in [1.807, 2.05) is 26.0 Å². The number of benzene rings is 4. The molecule has 2 saturated heterocycles. The lowest BCUT2D eigenvalue weighted by molar-refractivity contribution is -0.346. The summed E-state index contributed by atoms with van der Waals surface area (Å²) in [6.45, 7) is 16.7. The maximum Gasteiger partial charge on any atom is 0.410 e. The molecule has 1 aromatic heterocycles. The second-order valence-corrected chi connectivity index (χ2v) is 26.1. The Balaban J connectivity index is 0.953. The molecule has 24 nitrogen and oxygen atoms in total. The number of carbonyl (C=O) groups is 6. The Labute approximate surface area is 519 Å². The van der Waals surface area contributed by atoms with Crippen LogP contribution in [0.4, 0.5) is 9.59 Å². The summed E-state index contributed by atoms with van der Waals surface area (Å²) in [5, 5.41) is 69.4. The Bertz CT molecular complexity index is 3670. The molecule has 7 N–H and O–H groups in total. The number of amides is 2. The van der Waals surface area contributed by atoms with Gasteiger partial charge >= 0.3 is 35.8 Å². The lowest BCUT2D eigenvalue weighted by Crippen LogP contribution is -2.81. The molecular weight excluding hydrogens is 1160 g/mol. The third-order valence-electron chi connectivity index (χ3n) is 18.7. The van der Waals surface area contributed by atoms with Crippen molar-refractivity contribution in [3.63, 3.8) is 0 Å². The van der Waals surface area contributed by atoms with Crippen molar-refractivity contribution in [2.45, 2.75) is 154 Å². The van der Waals surface area contributed by atoms with Crippen LogP contribution in [0.15, 0.2) is 113 Å². The molecule has 4 aromatic carbocycles. The first-order valence-electron chi connectivity index (χ1n) is 30.1. The number of H-pyrrole nitrogens is 1. The van der Waals surface area contributed by atoms with Gasteiger partial charge in [0.25, 0.3) is 0 Å². The van der Waals surface area contributed by atoms with Crippen LogP contribution in [-0.4, -0.2) is 172 Å². The number of piperazine rings is 1. The van der Waals surface area contributed by atoms with Crippen LogP contribution in [0.3, 0.4) is 0 Å². The number of nitrogens with one attached hydrogen (secondary N) is 2. The summed E-state index contributed by atoms with van der Waals surface area (Å²) >= 11 is 0. The number of carbonyl (C=O) groups excluding carboxylic acids is 6. The highest BCUT2D eigenvalue weighted by Crippen LogP contribution is 2.64. The fourth-order valence-electron chi connectivity index (χ4n) is 13.9. The van der Waals surface area contributed by atoms with E-state index >= 15 is 9.59 Å². The zero-order valence-corrected chi connectivity index (χ0v) is 51.9. The van der Waals surface area contributed by atoms with Crippen LogP contribution in [0, 0.1) is 16.7 Å². The van der Waals surface area contributed by atoms with Gasteiger partial charge in [0.15, 0.2) is 17.2 Å². The summed E-state index contributed by atoms with van der Waals surface area (Å²) in [5.41, 5.74) is -7.31. The van der Waals surface area contributed by atoms with Crippen LogP contribution < -0.4 is 11.0 Å². The number of ketones is 1. The number of hydrogen-bond donors (Lipinski definition) is 7. The minimum atomic E-state index is -2.48. The van der Waals surface area contributed by atoms with Gasteiger partial charge in [0.2, 0.25) is 6.10 Å². The summed E-state index contributed by atoms with van der Waals surface area (Å²) < 4.78 is 38.2. The molecule has 4 fully saturated rings. The van der Waals surface area contributed by atoms with Gasteiger partial charge in [-0.05, 0) is 98.7 Å². The minimum absolute atomic E-state index is 0.0392. The van der Waals surface area contributed by atoms with Crippen molar-refractivity contribution in [1.29, 1.82) is 0 Å². The Morgan fingerprint density at radius 1 is 0.867 bits per heavy atom. The molecule has 2 bridgehead atoms. The molecule has 2 aliphatic heterocycles. The fourth-order valence-corrected chi connectivity index (χ4v) is 13.9. The highest BCUT2D eigenvalue weighted by Gasteiger charge is 2.78. The van der Waals surface area contributed by atoms with Crippen LogP contribution in [0.2, 0.25) is 0 Å². The lowest BCUT2D eigenvalue weighted by atomic mass is 9.44. The molecule has 0 unspecified atom stereocenters. The van der Waals surface area contributed by atoms with E-state index in [1.165, 1.54) is 55.4 Å². The van der Waals surface area contributed by atoms with Gasteiger partial charge < -0.3 is 64.2 Å². The van der Waals surface area contributed by atoms with Gasteiger partial charge in [0.1, 0.15) is 53.2 Å². The number of alkyl carbamates (subject to hydrolysis) is 1. The second kappa shape index (κ2) is 24.4. The number of nitrogens with zero attached hydrogens (tertiary/aromatic N) is 4. The van der Waals surface area contributed by atoms with E-state index in [0.29, 0.717) is 30.9 Å². The van der Waals surface area contributed by atoms with Gasteiger partial charge in [-0.3, -0.25) is 14.5 Å². The number of aliphatic hydroxyl groups is 3. The third-order valence-corrected chi connectivity index (χ3v) is 18.7. The number of aromatic amines is 1. The van der Waals surface area contributed by atoms with Crippen LogP contribution in [0.1, 0.15) is 121 Å². The Hall–Kier alpha value is -8.42. The van der Waals surface area contributed by atoms with Gasteiger partial charge in [-0.2, -0.15) is 5.10 Å². The smallest absolute Gasteiger partial charge is 0.410 e. The molecule has 90 heavy (non-hydrogen) atoms. The average Bonchev–Trinajstić information content (AvgIpc) is 0.811. The first-order valence-corrected chi connectivity index (χ1v) is 30.1. The topological polar surface area (TPSA) is 328 Å². The van der Waals surface area contributed by atoms with Gasteiger partial charge in [-0.1, -0.05) is 88.4 Å². The van der Waals surface area contributed by atoms with Crippen molar-refractivity contribution < 1.29 is 82.7 Å². The highest BCUT2D eigenvalue weighted by atomic mass is 16.6. The number of aromatic hydroxyl groups is 2. The summed E-state index contributed by atoms with van der Waals surface area (Å²) in [5.74, 6) is -5.89. The second-order valence-electron chi connectivity index (χ2n) is 26.1. The van der Waals surface area contributed by atoms with Crippen LogP contribution in [0.25, 0.3) is 17.1 Å². The number of fused-ring (bicyclic) bond motifs is 5. The van der Waals surface area contributed by atoms with Crippen molar-refractivity contribution in [3.05, 3.63) is 141 Å². The van der Waals surface area contributed by atoms with Gasteiger partial charge in [-0.25, -0.2) is 33.6 Å². The lowest BCUT2D eigenvalue weighted by Gasteiger charge is -2.67. The van der Waals surface area contributed by atoms with Crippen molar-refractivity contribution in [2.24, 2.45) is 16.7 Å². The molecule has 2 amide bonds. The molecular formula is C66H78N6O18. The van der Waals surface area contributed by atoms with E-state index < -0.39 is 124 Å². The normalized spacial score (nSPS) is 27.1. The number of phenolic OH excluding ortho intramolecular Hbond substituents is 2. The number of esters is 3. The van der Waals surface area contributed by atoms with Crippen LogP contribution in [0.5, 0.6) is 11.5 Å².